The summed E-state index contributed by atoms with van der Waals surface area (Å²) in [6, 6.07) is 15.6. The van der Waals surface area contributed by atoms with E-state index < -0.39 is 17.8 Å². The summed E-state index contributed by atoms with van der Waals surface area (Å²) >= 11 is 0. The first-order valence-electron chi connectivity index (χ1n) is 7.70. The Morgan fingerprint density at radius 1 is 1.00 bits per heavy atom. The molecule has 124 valence electrons. The van der Waals surface area contributed by atoms with Crippen LogP contribution in [0.3, 0.4) is 0 Å². The van der Waals surface area contributed by atoms with Gasteiger partial charge in [0.2, 0.25) is 0 Å². The fourth-order valence-electron chi connectivity index (χ4n) is 2.95. The molecule has 1 aliphatic rings. The van der Waals surface area contributed by atoms with E-state index >= 15 is 0 Å². The quantitative estimate of drug-likeness (QED) is 0.781. The zero-order valence-corrected chi connectivity index (χ0v) is 13.0. The Hall–Kier alpha value is -3.28. The minimum absolute atomic E-state index is 0.108. The normalized spacial score (nSPS) is 16.0. The first-order valence-corrected chi connectivity index (χ1v) is 7.70. The highest BCUT2D eigenvalue weighted by Crippen LogP contribution is 2.37. The van der Waals surface area contributed by atoms with Crippen molar-refractivity contribution in [2.24, 2.45) is 0 Å². The lowest BCUT2D eigenvalue weighted by Gasteiger charge is -2.26. The van der Waals surface area contributed by atoms with Crippen LogP contribution in [0.25, 0.3) is 0 Å². The van der Waals surface area contributed by atoms with Crippen LogP contribution in [0.1, 0.15) is 22.1 Å². The Kier molecular flexibility index (Phi) is 3.65. The van der Waals surface area contributed by atoms with Gasteiger partial charge in [-0.25, -0.2) is 13.8 Å². The first kappa shape index (κ1) is 15.3. The largest absolute Gasteiger partial charge is 0.359 e. The lowest BCUT2D eigenvalue weighted by molar-refractivity contribution is 0.0992. The Morgan fingerprint density at radius 3 is 2.56 bits per heavy atom. The van der Waals surface area contributed by atoms with E-state index in [2.05, 4.69) is 10.3 Å². The van der Waals surface area contributed by atoms with Crippen LogP contribution in [0.5, 0.6) is 0 Å². The third-order valence-corrected chi connectivity index (χ3v) is 4.08. The number of carbonyl (C=O) groups excluding carboxylic acids is 1. The Morgan fingerprint density at radius 2 is 1.80 bits per heavy atom. The zero-order valence-electron chi connectivity index (χ0n) is 13.0. The number of pyridine rings is 1. The molecule has 0 fully saturated rings. The second-order valence-corrected chi connectivity index (χ2v) is 5.62. The second kappa shape index (κ2) is 5.98. The maximum absolute atomic E-state index is 14.1. The van der Waals surface area contributed by atoms with E-state index in [1.807, 2.05) is 6.07 Å². The molecule has 4 nitrogen and oxygen atoms in total. The molecule has 1 aromatic heterocycles. The fourth-order valence-corrected chi connectivity index (χ4v) is 2.95. The molecule has 1 atom stereocenters. The van der Waals surface area contributed by atoms with Crippen LogP contribution in [0.4, 0.5) is 20.3 Å². The van der Waals surface area contributed by atoms with Crippen molar-refractivity contribution >= 4 is 17.4 Å². The van der Waals surface area contributed by atoms with E-state index in [4.69, 9.17) is 0 Å². The highest BCUT2D eigenvalue weighted by Gasteiger charge is 2.38. The van der Waals surface area contributed by atoms with E-state index in [1.54, 1.807) is 42.6 Å². The van der Waals surface area contributed by atoms with E-state index in [0.717, 1.165) is 6.07 Å². The molecule has 2 aromatic carbocycles. The summed E-state index contributed by atoms with van der Waals surface area (Å²) in [5, 5.41) is 2.99. The predicted octanol–water partition coefficient (Wildman–Crippen LogP) is 4.13. The van der Waals surface area contributed by atoms with Gasteiger partial charge in [-0.15, -0.1) is 0 Å². The number of amides is 1. The maximum Gasteiger partial charge on any atom is 0.261 e. The van der Waals surface area contributed by atoms with Crippen molar-refractivity contribution < 1.29 is 13.6 Å². The molecule has 0 radical (unpaired) electrons. The number of nitrogens with one attached hydrogen (secondary N) is 1. The molecule has 1 amide bonds. The van der Waals surface area contributed by atoms with Crippen LogP contribution in [0, 0.1) is 11.6 Å². The molecule has 0 saturated heterocycles. The number of hydrogen-bond donors (Lipinski definition) is 1. The number of carbonyl (C=O) groups is 1. The average molecular weight is 337 g/mol. The van der Waals surface area contributed by atoms with Crippen molar-refractivity contribution in [1.29, 1.82) is 0 Å². The van der Waals surface area contributed by atoms with Crippen LogP contribution in [-0.4, -0.2) is 10.9 Å². The summed E-state index contributed by atoms with van der Waals surface area (Å²) in [6.07, 6.45) is 0.944. The van der Waals surface area contributed by atoms with Gasteiger partial charge >= 0.3 is 0 Å². The zero-order chi connectivity index (χ0) is 17.4. The van der Waals surface area contributed by atoms with E-state index in [1.165, 1.54) is 17.0 Å². The molecule has 0 saturated carbocycles. The van der Waals surface area contributed by atoms with Crippen molar-refractivity contribution in [2.75, 3.05) is 10.2 Å². The Balaban J connectivity index is 1.80. The summed E-state index contributed by atoms with van der Waals surface area (Å²) in [6.45, 7) is 0. The molecule has 25 heavy (non-hydrogen) atoms. The van der Waals surface area contributed by atoms with Crippen molar-refractivity contribution in [3.8, 4) is 0 Å². The van der Waals surface area contributed by atoms with Gasteiger partial charge < -0.3 is 5.32 Å². The number of benzene rings is 2. The maximum atomic E-state index is 14.1. The predicted molar refractivity (Wildman–Crippen MR) is 90.2 cm³/mol. The van der Waals surface area contributed by atoms with Crippen LogP contribution in [0.2, 0.25) is 0 Å². The highest BCUT2D eigenvalue weighted by atomic mass is 19.1. The standard InChI is InChI=1S/C19H13F2N3O/c20-12-8-9-16(15(21)11-12)23-18-13-5-1-2-6-14(13)19(25)24(18)17-7-3-4-10-22-17/h1-11,18,23H/t18-/m0/s1. The molecular weight excluding hydrogens is 324 g/mol. The van der Waals surface area contributed by atoms with E-state index in [9.17, 15) is 13.6 Å². The van der Waals surface area contributed by atoms with E-state index in [-0.39, 0.29) is 11.6 Å². The Bertz CT molecular complexity index is 946. The van der Waals surface area contributed by atoms with Gasteiger partial charge in [0, 0.05) is 23.4 Å². The lowest BCUT2D eigenvalue weighted by atomic mass is 10.1. The summed E-state index contributed by atoms with van der Waals surface area (Å²) < 4.78 is 27.2. The van der Waals surface area contributed by atoms with Gasteiger partial charge in [0.15, 0.2) is 0 Å². The van der Waals surface area contributed by atoms with Gasteiger partial charge in [-0.3, -0.25) is 9.69 Å². The molecule has 4 rings (SSSR count). The van der Waals surface area contributed by atoms with Crippen LogP contribution < -0.4 is 10.2 Å². The van der Waals surface area contributed by atoms with Crippen molar-refractivity contribution in [2.45, 2.75) is 6.17 Å². The average Bonchev–Trinajstić information content (AvgIpc) is 2.91. The van der Waals surface area contributed by atoms with Gasteiger partial charge in [0.05, 0.1) is 5.69 Å². The minimum atomic E-state index is -0.724. The van der Waals surface area contributed by atoms with Crippen LogP contribution in [-0.2, 0) is 0 Å². The van der Waals surface area contributed by atoms with Gasteiger partial charge in [-0.2, -0.15) is 0 Å². The Labute approximate surface area is 142 Å². The van der Waals surface area contributed by atoms with Crippen LogP contribution >= 0.6 is 0 Å². The first-order chi connectivity index (χ1) is 12.1. The van der Waals surface area contributed by atoms with Crippen molar-refractivity contribution in [3.63, 3.8) is 0 Å². The number of nitrogens with zero attached hydrogens (tertiary/aromatic N) is 2. The topological polar surface area (TPSA) is 45.2 Å². The number of hydrogen-bond acceptors (Lipinski definition) is 3. The summed E-state index contributed by atoms with van der Waals surface area (Å²) in [5.41, 5.74) is 1.34. The fraction of sp³-hybridized carbons (Fsp3) is 0.0526. The van der Waals surface area contributed by atoms with Crippen molar-refractivity contribution in [3.05, 3.63) is 89.6 Å². The molecule has 0 aliphatic carbocycles. The lowest BCUT2D eigenvalue weighted by Crippen LogP contribution is -2.33. The molecule has 0 spiro atoms. The monoisotopic (exact) mass is 337 g/mol. The van der Waals surface area contributed by atoms with Gasteiger partial charge in [-0.05, 0) is 30.3 Å². The third-order valence-electron chi connectivity index (χ3n) is 4.08. The molecule has 0 bridgehead atoms. The highest BCUT2D eigenvalue weighted by molar-refractivity contribution is 6.10. The molecule has 3 aromatic rings. The van der Waals surface area contributed by atoms with E-state index in [0.29, 0.717) is 16.9 Å². The second-order valence-electron chi connectivity index (χ2n) is 5.62. The molecule has 6 heteroatoms. The molecule has 2 heterocycles. The summed E-state index contributed by atoms with van der Waals surface area (Å²) in [4.78, 5) is 18.5. The SMILES string of the molecule is O=C1c2ccccc2[C@@H](Nc2ccc(F)cc2F)N1c1ccccn1. The number of fused-ring (bicyclic) bond motifs is 1. The molecular formula is C19H13F2N3O. The third kappa shape index (κ3) is 2.61. The van der Waals surface area contributed by atoms with Gasteiger partial charge in [-0.1, -0.05) is 24.3 Å². The molecule has 1 N–H and O–H groups in total. The number of aromatic nitrogens is 1. The number of rotatable bonds is 3. The molecule has 1 aliphatic heterocycles. The van der Waals surface area contributed by atoms with Gasteiger partial charge in [0.25, 0.3) is 5.91 Å². The summed E-state index contributed by atoms with van der Waals surface area (Å²) in [7, 11) is 0. The van der Waals surface area contributed by atoms with Gasteiger partial charge in [0.1, 0.15) is 23.6 Å². The summed E-state index contributed by atoms with van der Waals surface area (Å²) in [5.74, 6) is -1.16. The molecule has 0 unspecified atom stereocenters. The minimum Gasteiger partial charge on any atom is -0.359 e. The van der Waals surface area contributed by atoms with Crippen LogP contribution in [0.15, 0.2) is 66.9 Å². The number of halogens is 2. The smallest absolute Gasteiger partial charge is 0.261 e. The van der Waals surface area contributed by atoms with Crippen molar-refractivity contribution in [1.82, 2.24) is 4.98 Å². The number of anilines is 2.